The van der Waals surface area contributed by atoms with E-state index in [1.165, 1.54) is 6.92 Å². The SMILES string of the molecule is C=[N+]=[N-].CC(O)CO. The van der Waals surface area contributed by atoms with Gasteiger partial charge in [0.2, 0.25) is 6.72 Å². The van der Waals surface area contributed by atoms with Gasteiger partial charge in [0.05, 0.1) is 12.7 Å². The highest BCUT2D eigenvalue weighted by Gasteiger charge is 1.83. The molecular formula is C4H10N2O2. The van der Waals surface area contributed by atoms with Crippen LogP contribution in [-0.2, 0) is 0 Å². The molecule has 0 aromatic rings. The average molecular weight is 118 g/mol. The molecular weight excluding hydrogens is 108 g/mol. The van der Waals surface area contributed by atoms with Crippen molar-refractivity contribution in [2.75, 3.05) is 6.61 Å². The molecule has 0 aliphatic rings. The zero-order valence-electron chi connectivity index (χ0n) is 4.78. The number of rotatable bonds is 1. The molecule has 4 nitrogen and oxygen atoms in total. The lowest BCUT2D eigenvalue weighted by molar-refractivity contribution is 0.0110. The van der Waals surface area contributed by atoms with Crippen LogP contribution in [0.1, 0.15) is 6.92 Å². The van der Waals surface area contributed by atoms with E-state index in [4.69, 9.17) is 15.7 Å². The lowest BCUT2D eigenvalue weighted by Crippen LogP contribution is -2.03. The van der Waals surface area contributed by atoms with Gasteiger partial charge in [-0.15, -0.1) is 0 Å². The molecule has 0 spiro atoms. The molecule has 1 unspecified atom stereocenters. The Hall–Kier alpha value is -0.700. The van der Waals surface area contributed by atoms with E-state index in [0.29, 0.717) is 0 Å². The zero-order valence-corrected chi connectivity index (χ0v) is 4.78. The third-order valence-electron chi connectivity index (χ3n) is 0.264. The molecule has 0 bridgehead atoms. The summed E-state index contributed by atoms with van der Waals surface area (Å²) in [6.07, 6.45) is -0.560. The van der Waals surface area contributed by atoms with Crippen LogP contribution in [0.4, 0.5) is 0 Å². The fraction of sp³-hybridized carbons (Fsp3) is 0.750. The first kappa shape index (κ1) is 10.3. The number of hydrogen-bond donors (Lipinski definition) is 2. The van der Waals surface area contributed by atoms with Crippen molar-refractivity contribution in [1.29, 1.82) is 0 Å². The highest BCUT2D eigenvalue weighted by Crippen LogP contribution is 1.68. The van der Waals surface area contributed by atoms with Crippen molar-refractivity contribution in [3.05, 3.63) is 5.53 Å². The molecule has 0 aliphatic carbocycles. The Morgan fingerprint density at radius 3 is 2.00 bits per heavy atom. The normalized spacial score (nSPS) is 10.4. The average Bonchev–Trinajstić information content (AvgIpc) is 1.69. The summed E-state index contributed by atoms with van der Waals surface area (Å²) in [5.41, 5.74) is 7.08. The molecule has 0 aliphatic heterocycles. The van der Waals surface area contributed by atoms with E-state index >= 15 is 0 Å². The first-order chi connectivity index (χ1) is 3.68. The summed E-state index contributed by atoms with van der Waals surface area (Å²) in [6, 6.07) is 0. The monoisotopic (exact) mass is 118 g/mol. The van der Waals surface area contributed by atoms with Crippen molar-refractivity contribution in [3.8, 4) is 0 Å². The van der Waals surface area contributed by atoms with Gasteiger partial charge in [-0.1, -0.05) is 0 Å². The molecule has 4 heteroatoms. The van der Waals surface area contributed by atoms with Gasteiger partial charge in [-0.25, -0.2) is 0 Å². The smallest absolute Gasteiger partial charge is 0.245 e. The first-order valence-electron chi connectivity index (χ1n) is 2.08. The van der Waals surface area contributed by atoms with Gasteiger partial charge in [-0.2, -0.15) is 4.79 Å². The molecule has 2 N–H and O–H groups in total. The molecule has 0 heterocycles. The molecule has 48 valence electrons. The summed E-state index contributed by atoms with van der Waals surface area (Å²) < 4.78 is 0. The van der Waals surface area contributed by atoms with Crippen molar-refractivity contribution in [2.45, 2.75) is 13.0 Å². The van der Waals surface area contributed by atoms with E-state index in [1.807, 2.05) is 0 Å². The molecule has 0 amide bonds. The van der Waals surface area contributed by atoms with Crippen molar-refractivity contribution < 1.29 is 15.0 Å². The highest BCUT2D eigenvalue weighted by atomic mass is 16.3. The Morgan fingerprint density at radius 2 is 2.00 bits per heavy atom. The summed E-state index contributed by atoms with van der Waals surface area (Å²) >= 11 is 0. The van der Waals surface area contributed by atoms with Crippen LogP contribution in [0.25, 0.3) is 5.53 Å². The van der Waals surface area contributed by atoms with Crippen molar-refractivity contribution in [2.24, 2.45) is 0 Å². The van der Waals surface area contributed by atoms with Gasteiger partial charge in [-0.3, -0.25) is 0 Å². The molecule has 0 rings (SSSR count). The number of hydrogen-bond acceptors (Lipinski definition) is 2. The van der Waals surface area contributed by atoms with Crippen LogP contribution in [-0.4, -0.2) is 34.4 Å². The molecule has 0 fully saturated rings. The quantitative estimate of drug-likeness (QED) is 0.270. The van der Waals surface area contributed by atoms with Crippen molar-refractivity contribution in [3.63, 3.8) is 0 Å². The molecule has 0 saturated heterocycles. The number of aliphatic hydroxyl groups is 2. The van der Waals surface area contributed by atoms with Gasteiger partial charge in [0.25, 0.3) is 0 Å². The minimum absolute atomic E-state index is 0.139. The van der Waals surface area contributed by atoms with Crippen molar-refractivity contribution >= 4 is 6.72 Å². The Bertz CT molecular complexity index is 66.4. The molecule has 0 aromatic heterocycles. The second-order valence-corrected chi connectivity index (χ2v) is 1.17. The maximum absolute atomic E-state index is 8.11. The van der Waals surface area contributed by atoms with Gasteiger partial charge in [0.15, 0.2) is 0 Å². The second kappa shape index (κ2) is 9.57. The van der Waals surface area contributed by atoms with E-state index in [2.05, 4.69) is 11.5 Å². The molecule has 0 aromatic carbocycles. The minimum atomic E-state index is -0.560. The van der Waals surface area contributed by atoms with Gasteiger partial charge in [-0.05, 0) is 6.92 Å². The minimum Gasteiger partial charge on any atom is -0.394 e. The van der Waals surface area contributed by atoms with Crippen LogP contribution in [0.2, 0.25) is 0 Å². The fourth-order valence-corrected chi connectivity index (χ4v) is 0. The Morgan fingerprint density at radius 1 is 1.88 bits per heavy atom. The summed E-state index contributed by atoms with van der Waals surface area (Å²) in [5.74, 6) is 0. The highest BCUT2D eigenvalue weighted by molar-refractivity contribution is 5.12. The summed E-state index contributed by atoms with van der Waals surface area (Å²) in [5, 5.41) is 16.0. The van der Waals surface area contributed by atoms with E-state index < -0.39 is 6.10 Å². The number of aliphatic hydroxyl groups excluding tert-OH is 2. The lowest BCUT2D eigenvalue weighted by atomic mass is 10.5. The maximum Gasteiger partial charge on any atom is 0.245 e. The van der Waals surface area contributed by atoms with Gasteiger partial charge in [0.1, 0.15) is 0 Å². The van der Waals surface area contributed by atoms with Gasteiger partial charge in [0, 0.05) is 0 Å². The number of nitrogens with zero attached hydrogens (tertiary/aromatic N) is 2. The van der Waals surface area contributed by atoms with Crippen LogP contribution in [0.5, 0.6) is 0 Å². The predicted octanol–water partition coefficient (Wildman–Crippen LogP) is -0.724. The fourth-order valence-electron chi connectivity index (χ4n) is 0. The maximum atomic E-state index is 8.11. The molecule has 0 radical (unpaired) electrons. The Labute approximate surface area is 48.0 Å². The third-order valence-corrected chi connectivity index (χ3v) is 0.264. The molecule has 0 saturated carbocycles. The largest absolute Gasteiger partial charge is 0.394 e. The molecule has 1 atom stereocenters. The Kier molecular flexibility index (Phi) is 12.3. The first-order valence-corrected chi connectivity index (χ1v) is 2.08. The standard InChI is InChI=1S/C3H8O2.CH2N2/c1-3(5)2-4;1-3-2/h3-5H,2H2,1H3;1H2. The topological polar surface area (TPSA) is 76.9 Å². The Balaban J connectivity index is 0. The predicted molar refractivity (Wildman–Crippen MR) is 29.5 cm³/mol. The van der Waals surface area contributed by atoms with Crippen LogP contribution in [0, 0.1) is 0 Å². The van der Waals surface area contributed by atoms with Gasteiger partial charge < -0.3 is 15.7 Å². The van der Waals surface area contributed by atoms with Crippen molar-refractivity contribution in [1.82, 2.24) is 0 Å². The van der Waals surface area contributed by atoms with Crippen LogP contribution in [0.3, 0.4) is 0 Å². The summed E-state index contributed by atoms with van der Waals surface area (Å²) in [7, 11) is 0. The van der Waals surface area contributed by atoms with E-state index in [9.17, 15) is 0 Å². The molecule has 8 heavy (non-hydrogen) atoms. The lowest BCUT2D eigenvalue weighted by Gasteiger charge is -1.90. The summed E-state index contributed by atoms with van der Waals surface area (Å²) in [6.45, 7) is 4.06. The van der Waals surface area contributed by atoms with E-state index in [0.717, 1.165) is 0 Å². The van der Waals surface area contributed by atoms with E-state index in [1.54, 1.807) is 0 Å². The van der Waals surface area contributed by atoms with E-state index in [-0.39, 0.29) is 6.61 Å². The summed E-state index contributed by atoms with van der Waals surface area (Å²) in [4.78, 5) is 2.25. The zero-order chi connectivity index (χ0) is 6.99. The van der Waals surface area contributed by atoms with Crippen LogP contribution < -0.4 is 0 Å². The van der Waals surface area contributed by atoms with Crippen LogP contribution in [0.15, 0.2) is 0 Å². The van der Waals surface area contributed by atoms with Gasteiger partial charge >= 0.3 is 0 Å². The van der Waals surface area contributed by atoms with Crippen LogP contribution >= 0.6 is 0 Å². The third kappa shape index (κ3) is 58.0. The second-order valence-electron chi connectivity index (χ2n) is 1.17.